The van der Waals surface area contributed by atoms with Gasteiger partial charge in [0.05, 0.1) is 10.7 Å². The number of aromatic nitrogens is 1. The fraction of sp³-hybridized carbons (Fsp3) is 0.375. The molecule has 58 valence electrons. The highest BCUT2D eigenvalue weighted by molar-refractivity contribution is 7.09. The molecule has 0 saturated heterocycles. The van der Waals surface area contributed by atoms with Gasteiger partial charge in [-0.2, -0.15) is 0 Å². The summed E-state index contributed by atoms with van der Waals surface area (Å²) in [7, 11) is 0. The van der Waals surface area contributed by atoms with E-state index in [9.17, 15) is 0 Å². The van der Waals surface area contributed by atoms with Crippen molar-refractivity contribution in [3.63, 3.8) is 0 Å². The predicted molar refractivity (Wildman–Crippen MR) is 45.3 cm³/mol. The van der Waals surface area contributed by atoms with Gasteiger partial charge in [-0.1, -0.05) is 12.8 Å². The van der Waals surface area contributed by atoms with Crippen LogP contribution in [0.5, 0.6) is 0 Å². The molecule has 0 spiro atoms. The van der Waals surface area contributed by atoms with E-state index in [0.29, 0.717) is 5.69 Å². The first kappa shape index (κ1) is 8.25. The number of hydrogen-bond donors (Lipinski definition) is 1. The average molecular weight is 167 g/mol. The lowest BCUT2D eigenvalue weighted by Crippen LogP contribution is -1.93. The van der Waals surface area contributed by atoms with Gasteiger partial charge in [-0.15, -0.1) is 17.8 Å². The molecule has 0 aliphatic carbocycles. The topological polar surface area (TPSA) is 33.1 Å². The normalized spacial score (nSPS) is 12.5. The van der Waals surface area contributed by atoms with Crippen molar-refractivity contribution in [2.75, 3.05) is 0 Å². The molecule has 0 amide bonds. The summed E-state index contributed by atoms with van der Waals surface area (Å²) in [5.41, 5.74) is 0.592. The Kier molecular flexibility index (Phi) is 2.64. The van der Waals surface area contributed by atoms with Crippen molar-refractivity contribution in [3.8, 4) is 12.3 Å². The monoisotopic (exact) mass is 167 g/mol. The molecule has 0 aliphatic rings. The second-order valence-electron chi connectivity index (χ2n) is 2.09. The Labute approximate surface area is 69.9 Å². The lowest BCUT2D eigenvalue weighted by atomic mass is 10.3. The molecule has 1 atom stereocenters. The first-order valence-corrected chi connectivity index (χ1v) is 4.24. The van der Waals surface area contributed by atoms with Gasteiger partial charge in [0.25, 0.3) is 0 Å². The summed E-state index contributed by atoms with van der Waals surface area (Å²) in [4.78, 5) is 4.13. The maximum absolute atomic E-state index is 9.15. The molecule has 0 radical (unpaired) electrons. The zero-order valence-corrected chi connectivity index (χ0v) is 7.06. The molecule has 1 N–H and O–H groups in total. The van der Waals surface area contributed by atoms with Crippen LogP contribution in [-0.4, -0.2) is 10.1 Å². The second-order valence-corrected chi connectivity index (χ2v) is 3.03. The highest BCUT2D eigenvalue weighted by atomic mass is 32.1. The minimum Gasteiger partial charge on any atom is -0.374 e. The molecule has 0 aliphatic heterocycles. The molecule has 1 aromatic rings. The maximum Gasteiger partial charge on any atom is 0.157 e. The van der Waals surface area contributed by atoms with Gasteiger partial charge in [-0.25, -0.2) is 4.98 Å². The third-order valence-electron chi connectivity index (χ3n) is 1.31. The summed E-state index contributed by atoms with van der Waals surface area (Å²) in [6.07, 6.45) is 5.07. The number of terminal acetylenes is 1. The number of nitrogens with zero attached hydrogens (tertiary/aromatic N) is 1. The molecule has 11 heavy (non-hydrogen) atoms. The zero-order valence-electron chi connectivity index (χ0n) is 6.24. The fourth-order valence-corrected chi connectivity index (χ4v) is 1.46. The van der Waals surface area contributed by atoms with Crippen molar-refractivity contribution in [1.82, 2.24) is 4.98 Å². The molecule has 1 aromatic heterocycles. The largest absolute Gasteiger partial charge is 0.374 e. The molecule has 0 bridgehead atoms. The molecule has 0 aromatic carbocycles. The molecule has 0 saturated carbocycles. The van der Waals surface area contributed by atoms with E-state index in [-0.39, 0.29) is 0 Å². The van der Waals surface area contributed by atoms with E-state index in [1.165, 1.54) is 11.3 Å². The summed E-state index contributed by atoms with van der Waals surface area (Å²) >= 11 is 1.53. The standard InChI is InChI=1S/C8H9NOS/c1-3-7(10)6-5-11-8(4-2)9-6/h1,5,7,10H,4H2,2H3. The van der Waals surface area contributed by atoms with E-state index in [1.54, 1.807) is 5.38 Å². The molecular formula is C8H9NOS. The van der Waals surface area contributed by atoms with E-state index < -0.39 is 6.10 Å². The highest BCUT2D eigenvalue weighted by Gasteiger charge is 2.06. The second kappa shape index (κ2) is 3.51. The van der Waals surface area contributed by atoms with E-state index >= 15 is 0 Å². The van der Waals surface area contributed by atoms with Gasteiger partial charge in [-0.05, 0) is 6.42 Å². The van der Waals surface area contributed by atoms with Crippen LogP contribution in [0.15, 0.2) is 5.38 Å². The van der Waals surface area contributed by atoms with Crippen LogP contribution in [0.4, 0.5) is 0 Å². The van der Waals surface area contributed by atoms with Crippen LogP contribution in [0.2, 0.25) is 0 Å². The number of aryl methyl sites for hydroxylation is 1. The van der Waals surface area contributed by atoms with Crippen LogP contribution >= 0.6 is 11.3 Å². The Morgan fingerprint density at radius 3 is 3.09 bits per heavy atom. The smallest absolute Gasteiger partial charge is 0.157 e. The Bertz CT molecular complexity index is 274. The van der Waals surface area contributed by atoms with Gasteiger partial charge in [0, 0.05) is 5.38 Å². The van der Waals surface area contributed by atoms with Gasteiger partial charge in [-0.3, -0.25) is 0 Å². The Hall–Kier alpha value is -0.850. The van der Waals surface area contributed by atoms with Crippen molar-refractivity contribution < 1.29 is 5.11 Å². The van der Waals surface area contributed by atoms with E-state index in [4.69, 9.17) is 11.5 Å². The summed E-state index contributed by atoms with van der Waals surface area (Å²) in [6.45, 7) is 2.02. The minimum absolute atomic E-state index is 0.592. The van der Waals surface area contributed by atoms with Crippen LogP contribution in [0, 0.1) is 12.3 Å². The maximum atomic E-state index is 9.15. The van der Waals surface area contributed by atoms with Gasteiger partial charge in [0.2, 0.25) is 0 Å². The first-order chi connectivity index (χ1) is 5.27. The lowest BCUT2D eigenvalue weighted by Gasteiger charge is -1.94. The first-order valence-electron chi connectivity index (χ1n) is 3.36. The fourth-order valence-electron chi connectivity index (χ4n) is 0.698. The number of thiazole rings is 1. The van der Waals surface area contributed by atoms with Crippen molar-refractivity contribution in [2.45, 2.75) is 19.4 Å². The van der Waals surface area contributed by atoms with Gasteiger partial charge < -0.3 is 5.11 Å². The summed E-state index contributed by atoms with van der Waals surface area (Å²) in [6, 6.07) is 0. The summed E-state index contributed by atoms with van der Waals surface area (Å²) in [5.74, 6) is 2.22. The number of aliphatic hydroxyl groups is 1. The van der Waals surface area contributed by atoms with Crippen molar-refractivity contribution in [3.05, 3.63) is 16.1 Å². The van der Waals surface area contributed by atoms with Crippen LogP contribution < -0.4 is 0 Å². The van der Waals surface area contributed by atoms with Crippen molar-refractivity contribution in [1.29, 1.82) is 0 Å². The van der Waals surface area contributed by atoms with E-state index in [1.807, 2.05) is 6.92 Å². The molecule has 1 heterocycles. The highest BCUT2D eigenvalue weighted by Crippen LogP contribution is 2.15. The number of aliphatic hydroxyl groups excluding tert-OH is 1. The van der Waals surface area contributed by atoms with Crippen molar-refractivity contribution in [2.24, 2.45) is 0 Å². The zero-order chi connectivity index (χ0) is 8.27. The molecular weight excluding hydrogens is 158 g/mol. The summed E-state index contributed by atoms with van der Waals surface area (Å²) < 4.78 is 0. The van der Waals surface area contributed by atoms with Crippen molar-refractivity contribution >= 4 is 11.3 Å². The van der Waals surface area contributed by atoms with Crippen LogP contribution in [-0.2, 0) is 6.42 Å². The molecule has 3 heteroatoms. The SMILES string of the molecule is C#CC(O)c1csc(CC)n1. The van der Waals surface area contributed by atoms with Gasteiger partial charge in [0.1, 0.15) is 0 Å². The van der Waals surface area contributed by atoms with E-state index in [0.717, 1.165) is 11.4 Å². The lowest BCUT2D eigenvalue weighted by molar-refractivity contribution is 0.234. The predicted octanol–water partition coefficient (Wildman–Crippen LogP) is 1.37. The Morgan fingerprint density at radius 2 is 2.64 bits per heavy atom. The molecule has 1 rings (SSSR count). The van der Waals surface area contributed by atoms with Crippen LogP contribution in [0.25, 0.3) is 0 Å². The molecule has 2 nitrogen and oxygen atoms in total. The third-order valence-corrected chi connectivity index (χ3v) is 2.32. The minimum atomic E-state index is -0.841. The number of hydrogen-bond acceptors (Lipinski definition) is 3. The third kappa shape index (κ3) is 1.79. The van der Waals surface area contributed by atoms with E-state index in [2.05, 4.69) is 10.9 Å². The Morgan fingerprint density at radius 1 is 1.91 bits per heavy atom. The number of rotatable bonds is 2. The van der Waals surface area contributed by atoms with Gasteiger partial charge >= 0.3 is 0 Å². The van der Waals surface area contributed by atoms with Gasteiger partial charge in [0.15, 0.2) is 6.10 Å². The quantitative estimate of drug-likeness (QED) is 0.675. The van der Waals surface area contributed by atoms with Crippen LogP contribution in [0.1, 0.15) is 23.7 Å². The molecule has 1 unspecified atom stereocenters. The van der Waals surface area contributed by atoms with Crippen LogP contribution in [0.3, 0.4) is 0 Å². The molecule has 0 fully saturated rings. The summed E-state index contributed by atoms with van der Waals surface area (Å²) in [5, 5.41) is 11.9. The Balaban J connectivity index is 2.82. The average Bonchev–Trinajstić information content (AvgIpc) is 2.50.